The van der Waals surface area contributed by atoms with Gasteiger partial charge >= 0.3 is 12.1 Å². The molecule has 0 saturated heterocycles. The molecule has 3 aromatic rings. The van der Waals surface area contributed by atoms with E-state index in [0.29, 0.717) is 17.7 Å². The summed E-state index contributed by atoms with van der Waals surface area (Å²) >= 11 is 0. The number of hydrogen-bond donors (Lipinski definition) is 3. The summed E-state index contributed by atoms with van der Waals surface area (Å²) in [6, 6.07) is 20.4. The Morgan fingerprint density at radius 1 is 0.971 bits per heavy atom. The molecule has 7 nitrogen and oxygen atoms in total. The number of ether oxygens (including phenoxy) is 1. The molecule has 0 aliphatic heterocycles. The van der Waals surface area contributed by atoms with Gasteiger partial charge in [-0.05, 0) is 59.4 Å². The average molecular weight is 473 g/mol. The number of nitrogens with one attached hydrogen (secondary N) is 2. The van der Waals surface area contributed by atoms with E-state index in [9.17, 15) is 14.4 Å². The van der Waals surface area contributed by atoms with E-state index in [1.54, 1.807) is 13.0 Å². The van der Waals surface area contributed by atoms with Crippen molar-refractivity contribution in [3.8, 4) is 11.1 Å². The van der Waals surface area contributed by atoms with Crippen LogP contribution in [0.5, 0.6) is 0 Å². The molecule has 1 atom stereocenters. The lowest BCUT2D eigenvalue weighted by molar-refractivity contribution is -0.116. The zero-order valence-corrected chi connectivity index (χ0v) is 19.7. The predicted octanol–water partition coefficient (Wildman–Crippen LogP) is 5.34. The van der Waals surface area contributed by atoms with Gasteiger partial charge < -0.3 is 20.5 Å². The van der Waals surface area contributed by atoms with Crippen LogP contribution in [-0.4, -0.2) is 35.7 Å². The van der Waals surface area contributed by atoms with E-state index in [2.05, 4.69) is 34.9 Å². The number of alkyl carbamates (subject to hydrolysis) is 1. The van der Waals surface area contributed by atoms with Crippen molar-refractivity contribution in [1.29, 1.82) is 0 Å². The number of anilines is 1. The van der Waals surface area contributed by atoms with Gasteiger partial charge in [0.05, 0.1) is 5.56 Å². The summed E-state index contributed by atoms with van der Waals surface area (Å²) in [7, 11) is 0. The van der Waals surface area contributed by atoms with Crippen molar-refractivity contribution in [2.24, 2.45) is 0 Å². The van der Waals surface area contributed by atoms with E-state index in [4.69, 9.17) is 9.84 Å². The molecule has 0 bridgehead atoms. The van der Waals surface area contributed by atoms with Gasteiger partial charge in [0.2, 0.25) is 5.91 Å². The highest BCUT2D eigenvalue weighted by molar-refractivity contribution is 5.94. The highest BCUT2D eigenvalue weighted by atomic mass is 16.5. The van der Waals surface area contributed by atoms with E-state index in [-0.39, 0.29) is 30.4 Å². The summed E-state index contributed by atoms with van der Waals surface area (Å²) in [5.41, 5.74) is 5.93. The first-order chi connectivity index (χ1) is 16.9. The number of rotatable bonds is 8. The van der Waals surface area contributed by atoms with Crippen LogP contribution in [0.3, 0.4) is 0 Å². The van der Waals surface area contributed by atoms with Gasteiger partial charge in [0.1, 0.15) is 6.61 Å². The normalized spacial score (nSPS) is 12.9. The van der Waals surface area contributed by atoms with Gasteiger partial charge in [0.15, 0.2) is 0 Å². The van der Waals surface area contributed by atoms with Crippen molar-refractivity contribution in [1.82, 2.24) is 5.32 Å². The van der Waals surface area contributed by atoms with Gasteiger partial charge in [-0.25, -0.2) is 9.59 Å². The van der Waals surface area contributed by atoms with Crippen LogP contribution in [0.4, 0.5) is 10.5 Å². The molecule has 0 aromatic heterocycles. The SMILES string of the molecule is CC[C@H](CC(=O)Nc1ccc(C(=O)O)cc1C)NC(=O)OCC1c2ccccc2-c2ccccc21. The minimum absolute atomic E-state index is 0.0340. The molecule has 7 heteroatoms. The van der Waals surface area contributed by atoms with Crippen LogP contribution in [0.25, 0.3) is 11.1 Å². The molecule has 3 N–H and O–H groups in total. The first kappa shape index (κ1) is 24.0. The van der Waals surface area contributed by atoms with Crippen LogP contribution in [0.1, 0.15) is 52.7 Å². The van der Waals surface area contributed by atoms with Crippen molar-refractivity contribution in [2.45, 2.75) is 38.6 Å². The van der Waals surface area contributed by atoms with E-state index < -0.39 is 18.1 Å². The quantitative estimate of drug-likeness (QED) is 0.411. The van der Waals surface area contributed by atoms with Gasteiger partial charge in [-0.1, -0.05) is 55.5 Å². The Morgan fingerprint density at radius 2 is 1.60 bits per heavy atom. The lowest BCUT2D eigenvalue weighted by atomic mass is 9.98. The number of carboxylic acid groups (broad SMARTS) is 1. The van der Waals surface area contributed by atoms with Gasteiger partial charge in [0.25, 0.3) is 0 Å². The van der Waals surface area contributed by atoms with Crippen LogP contribution in [0, 0.1) is 6.92 Å². The Morgan fingerprint density at radius 3 is 2.17 bits per heavy atom. The first-order valence-corrected chi connectivity index (χ1v) is 11.6. The number of carbonyl (C=O) groups is 3. The molecule has 180 valence electrons. The molecular weight excluding hydrogens is 444 g/mol. The number of fused-ring (bicyclic) bond motifs is 3. The van der Waals surface area contributed by atoms with Crippen molar-refractivity contribution < 1.29 is 24.2 Å². The topological polar surface area (TPSA) is 105 Å². The third-order valence-electron chi connectivity index (χ3n) is 6.34. The van der Waals surface area contributed by atoms with Crippen molar-refractivity contribution in [2.75, 3.05) is 11.9 Å². The van der Waals surface area contributed by atoms with E-state index in [1.165, 1.54) is 12.1 Å². The number of aromatic carboxylic acids is 1. The van der Waals surface area contributed by atoms with Gasteiger partial charge in [0, 0.05) is 24.1 Å². The molecule has 0 fully saturated rings. The van der Waals surface area contributed by atoms with Gasteiger partial charge in [-0.2, -0.15) is 0 Å². The molecule has 0 spiro atoms. The van der Waals surface area contributed by atoms with Crippen LogP contribution in [-0.2, 0) is 9.53 Å². The Balaban J connectivity index is 1.33. The zero-order chi connectivity index (χ0) is 24.9. The predicted molar refractivity (Wildman–Crippen MR) is 134 cm³/mol. The zero-order valence-electron chi connectivity index (χ0n) is 19.7. The second-order valence-corrected chi connectivity index (χ2v) is 8.66. The number of carboxylic acids is 1. The average Bonchev–Trinajstić information content (AvgIpc) is 3.17. The molecule has 2 amide bonds. The number of aryl methyl sites for hydroxylation is 1. The lowest BCUT2D eigenvalue weighted by Gasteiger charge is -2.19. The van der Waals surface area contributed by atoms with E-state index in [1.807, 2.05) is 31.2 Å². The minimum Gasteiger partial charge on any atom is -0.478 e. The Labute approximate surface area is 204 Å². The molecule has 1 aliphatic rings. The molecule has 0 saturated carbocycles. The number of carbonyl (C=O) groups excluding carboxylic acids is 2. The summed E-state index contributed by atoms with van der Waals surface area (Å²) in [6.45, 7) is 3.82. The molecule has 4 rings (SSSR count). The van der Waals surface area contributed by atoms with Gasteiger partial charge in [-0.15, -0.1) is 0 Å². The molecule has 0 heterocycles. The van der Waals surface area contributed by atoms with Gasteiger partial charge in [-0.3, -0.25) is 4.79 Å². The van der Waals surface area contributed by atoms with Crippen molar-refractivity contribution in [3.63, 3.8) is 0 Å². The fraction of sp³-hybridized carbons (Fsp3) is 0.250. The largest absolute Gasteiger partial charge is 0.478 e. The van der Waals surface area contributed by atoms with Crippen molar-refractivity contribution in [3.05, 3.63) is 89.0 Å². The standard InChI is InChI=1S/C28H28N2O5/c1-3-19(15-26(31)30-25-13-12-18(27(32)33)14-17(25)2)29-28(34)35-16-24-22-10-6-4-8-20(22)21-9-5-7-11-23(21)24/h4-14,19,24H,3,15-16H2,1-2H3,(H,29,34)(H,30,31)(H,32,33)/t19-/m1/s1. The third-order valence-corrected chi connectivity index (χ3v) is 6.34. The highest BCUT2D eigenvalue weighted by Gasteiger charge is 2.29. The Bertz CT molecular complexity index is 1220. The Hall–Kier alpha value is -4.13. The molecule has 35 heavy (non-hydrogen) atoms. The Kier molecular flexibility index (Phi) is 7.15. The molecule has 1 aliphatic carbocycles. The first-order valence-electron chi connectivity index (χ1n) is 11.6. The molecular formula is C28H28N2O5. The second-order valence-electron chi connectivity index (χ2n) is 8.66. The van der Waals surface area contributed by atoms with Crippen LogP contribution < -0.4 is 10.6 Å². The summed E-state index contributed by atoms with van der Waals surface area (Å²) in [4.78, 5) is 36.2. The summed E-state index contributed by atoms with van der Waals surface area (Å²) in [5.74, 6) is -1.33. The summed E-state index contributed by atoms with van der Waals surface area (Å²) in [5, 5.41) is 14.7. The maximum Gasteiger partial charge on any atom is 0.407 e. The van der Waals surface area contributed by atoms with Crippen molar-refractivity contribution >= 4 is 23.7 Å². The van der Waals surface area contributed by atoms with Crippen LogP contribution in [0.2, 0.25) is 0 Å². The minimum atomic E-state index is -1.02. The summed E-state index contributed by atoms with van der Waals surface area (Å²) < 4.78 is 5.59. The third kappa shape index (κ3) is 5.35. The molecule has 0 unspecified atom stereocenters. The number of hydrogen-bond acceptors (Lipinski definition) is 4. The van der Waals surface area contributed by atoms with Crippen LogP contribution in [0.15, 0.2) is 66.7 Å². The monoisotopic (exact) mass is 472 g/mol. The lowest BCUT2D eigenvalue weighted by Crippen LogP contribution is -2.38. The molecule has 3 aromatic carbocycles. The summed E-state index contributed by atoms with van der Waals surface area (Å²) in [6.07, 6.45) is 0.0588. The smallest absolute Gasteiger partial charge is 0.407 e. The maximum atomic E-state index is 12.6. The second kappa shape index (κ2) is 10.4. The maximum absolute atomic E-state index is 12.6. The fourth-order valence-corrected chi connectivity index (χ4v) is 4.47. The number of amides is 2. The number of benzene rings is 3. The van der Waals surface area contributed by atoms with E-state index >= 15 is 0 Å². The molecule has 0 radical (unpaired) electrons. The van der Waals surface area contributed by atoms with Crippen LogP contribution >= 0.6 is 0 Å². The fourth-order valence-electron chi connectivity index (χ4n) is 4.47. The van der Waals surface area contributed by atoms with E-state index in [0.717, 1.165) is 22.3 Å². The highest BCUT2D eigenvalue weighted by Crippen LogP contribution is 2.44.